The average molecular weight is 805 g/mol. The second-order valence-corrected chi connectivity index (χ2v) is 17.1. The molecule has 336 valence electrons. The van der Waals surface area contributed by atoms with Crippen LogP contribution in [0.15, 0.2) is 12.2 Å². The lowest BCUT2D eigenvalue weighted by atomic mass is 10.0. The second kappa shape index (κ2) is 46.8. The highest BCUT2D eigenvalue weighted by Crippen LogP contribution is 2.16. The molecule has 0 rings (SSSR count). The molecule has 0 N–H and O–H groups in total. The molecule has 0 spiro atoms. The predicted octanol–water partition coefficient (Wildman–Crippen LogP) is 16.2. The van der Waals surface area contributed by atoms with Crippen molar-refractivity contribution in [2.45, 2.75) is 284 Å². The van der Waals surface area contributed by atoms with Crippen LogP contribution in [0.3, 0.4) is 0 Å². The maximum absolute atomic E-state index is 12.7. The standard InChI is InChI=1S/C51H96O6/c1-4-7-10-13-16-19-22-24-25-26-27-28-30-32-35-38-41-44-50(53)56-47-48(46-55-49(52)43-40-37-34-31-21-18-15-12-9-6-3)57-51(54)45-42-39-36-33-29-23-20-17-14-11-8-5-2/h17,20,48H,4-16,18-19,21-47H2,1-3H3/b20-17-. The molecule has 0 aromatic rings. The van der Waals surface area contributed by atoms with E-state index in [4.69, 9.17) is 14.2 Å². The van der Waals surface area contributed by atoms with Crippen LogP contribution in [0.5, 0.6) is 0 Å². The van der Waals surface area contributed by atoms with E-state index in [0.29, 0.717) is 19.3 Å². The van der Waals surface area contributed by atoms with Crippen molar-refractivity contribution in [3.05, 3.63) is 12.2 Å². The SMILES string of the molecule is CCCCC/C=C\CCCCCCCC(=O)OC(COC(=O)CCCCCCCCCCCC)COC(=O)CCCCCCCCCCCCCCCCCCC. The Labute approximate surface area is 354 Å². The summed E-state index contributed by atoms with van der Waals surface area (Å²) in [6.07, 6.45) is 50.5. The number of carbonyl (C=O) groups excluding carboxylic acids is 3. The molecular weight excluding hydrogens is 709 g/mol. The molecule has 0 saturated heterocycles. The van der Waals surface area contributed by atoms with Gasteiger partial charge in [0.05, 0.1) is 0 Å². The normalized spacial score (nSPS) is 12.0. The number of unbranched alkanes of at least 4 members (excludes halogenated alkanes) is 33. The van der Waals surface area contributed by atoms with E-state index in [-0.39, 0.29) is 31.1 Å². The van der Waals surface area contributed by atoms with Gasteiger partial charge in [0.1, 0.15) is 13.2 Å². The maximum atomic E-state index is 12.7. The first-order chi connectivity index (χ1) is 28.0. The fourth-order valence-electron chi connectivity index (χ4n) is 7.44. The third-order valence-corrected chi connectivity index (χ3v) is 11.3. The van der Waals surface area contributed by atoms with Gasteiger partial charge in [-0.15, -0.1) is 0 Å². The number of carbonyl (C=O) groups is 3. The Morgan fingerprint density at radius 1 is 0.333 bits per heavy atom. The summed E-state index contributed by atoms with van der Waals surface area (Å²) in [5.41, 5.74) is 0. The fraction of sp³-hybridized carbons (Fsp3) is 0.902. The van der Waals surface area contributed by atoms with Gasteiger partial charge in [-0.25, -0.2) is 0 Å². The molecule has 0 fully saturated rings. The van der Waals surface area contributed by atoms with Gasteiger partial charge in [0.15, 0.2) is 6.10 Å². The van der Waals surface area contributed by atoms with E-state index in [2.05, 4.69) is 32.9 Å². The van der Waals surface area contributed by atoms with E-state index in [1.165, 1.54) is 173 Å². The lowest BCUT2D eigenvalue weighted by Crippen LogP contribution is -2.30. The minimum absolute atomic E-state index is 0.0684. The van der Waals surface area contributed by atoms with Gasteiger partial charge in [-0.2, -0.15) is 0 Å². The van der Waals surface area contributed by atoms with E-state index in [1.807, 2.05) is 0 Å². The number of ether oxygens (including phenoxy) is 3. The van der Waals surface area contributed by atoms with Crippen molar-refractivity contribution in [1.29, 1.82) is 0 Å². The molecule has 6 nitrogen and oxygen atoms in total. The van der Waals surface area contributed by atoms with Gasteiger partial charge in [-0.05, 0) is 44.9 Å². The van der Waals surface area contributed by atoms with Crippen molar-refractivity contribution in [3.63, 3.8) is 0 Å². The summed E-state index contributed by atoms with van der Waals surface area (Å²) >= 11 is 0. The number of hydrogen-bond acceptors (Lipinski definition) is 6. The van der Waals surface area contributed by atoms with Crippen LogP contribution in [0.1, 0.15) is 278 Å². The van der Waals surface area contributed by atoms with Gasteiger partial charge in [0.25, 0.3) is 0 Å². The molecule has 0 bridgehead atoms. The smallest absolute Gasteiger partial charge is 0.306 e. The third kappa shape index (κ3) is 45.1. The molecule has 0 saturated carbocycles. The molecule has 57 heavy (non-hydrogen) atoms. The maximum Gasteiger partial charge on any atom is 0.306 e. The number of allylic oxidation sites excluding steroid dienone is 2. The average Bonchev–Trinajstić information content (AvgIpc) is 3.21. The highest BCUT2D eigenvalue weighted by atomic mass is 16.6. The molecule has 0 aliphatic heterocycles. The Kier molecular flexibility index (Phi) is 45.3. The Morgan fingerprint density at radius 3 is 0.912 bits per heavy atom. The molecule has 0 aliphatic rings. The quantitative estimate of drug-likeness (QED) is 0.0264. The van der Waals surface area contributed by atoms with Gasteiger partial charge >= 0.3 is 17.9 Å². The van der Waals surface area contributed by atoms with Crippen molar-refractivity contribution in [3.8, 4) is 0 Å². The van der Waals surface area contributed by atoms with Crippen LogP contribution >= 0.6 is 0 Å². The van der Waals surface area contributed by atoms with E-state index in [0.717, 1.165) is 64.2 Å². The first kappa shape index (κ1) is 55.2. The van der Waals surface area contributed by atoms with Crippen LogP contribution in [0.2, 0.25) is 0 Å². The van der Waals surface area contributed by atoms with Crippen LogP contribution in [-0.4, -0.2) is 37.2 Å². The van der Waals surface area contributed by atoms with E-state index in [1.54, 1.807) is 0 Å². The Bertz CT molecular complexity index is 885. The Balaban J connectivity index is 4.28. The van der Waals surface area contributed by atoms with E-state index >= 15 is 0 Å². The van der Waals surface area contributed by atoms with Crippen molar-refractivity contribution in [2.75, 3.05) is 13.2 Å². The molecular formula is C51H96O6. The van der Waals surface area contributed by atoms with Gasteiger partial charge in [0.2, 0.25) is 0 Å². The predicted molar refractivity (Wildman–Crippen MR) is 243 cm³/mol. The van der Waals surface area contributed by atoms with Crippen molar-refractivity contribution >= 4 is 17.9 Å². The highest BCUT2D eigenvalue weighted by Gasteiger charge is 2.19. The molecule has 6 heteroatoms. The monoisotopic (exact) mass is 805 g/mol. The largest absolute Gasteiger partial charge is 0.462 e. The first-order valence-electron chi connectivity index (χ1n) is 25.2. The minimum Gasteiger partial charge on any atom is -0.462 e. The van der Waals surface area contributed by atoms with Crippen molar-refractivity contribution < 1.29 is 28.6 Å². The zero-order valence-corrected chi connectivity index (χ0v) is 38.4. The van der Waals surface area contributed by atoms with Crippen molar-refractivity contribution in [2.24, 2.45) is 0 Å². The topological polar surface area (TPSA) is 78.9 Å². The van der Waals surface area contributed by atoms with E-state index in [9.17, 15) is 14.4 Å². The summed E-state index contributed by atoms with van der Waals surface area (Å²) < 4.78 is 16.8. The number of hydrogen-bond donors (Lipinski definition) is 0. The molecule has 0 heterocycles. The van der Waals surface area contributed by atoms with Crippen LogP contribution < -0.4 is 0 Å². The zero-order chi connectivity index (χ0) is 41.5. The summed E-state index contributed by atoms with van der Waals surface area (Å²) in [4.78, 5) is 37.8. The zero-order valence-electron chi connectivity index (χ0n) is 38.4. The highest BCUT2D eigenvalue weighted by molar-refractivity contribution is 5.71. The second-order valence-electron chi connectivity index (χ2n) is 17.1. The molecule has 0 radical (unpaired) electrons. The van der Waals surface area contributed by atoms with Crippen molar-refractivity contribution in [1.82, 2.24) is 0 Å². The number of esters is 3. The lowest BCUT2D eigenvalue weighted by molar-refractivity contribution is -0.167. The first-order valence-corrected chi connectivity index (χ1v) is 25.2. The van der Waals surface area contributed by atoms with Crippen LogP contribution in [-0.2, 0) is 28.6 Å². The summed E-state index contributed by atoms with van der Waals surface area (Å²) in [5.74, 6) is -0.865. The summed E-state index contributed by atoms with van der Waals surface area (Å²) in [5, 5.41) is 0. The molecule has 1 atom stereocenters. The molecule has 0 aromatic carbocycles. The molecule has 0 amide bonds. The summed E-state index contributed by atoms with van der Waals surface area (Å²) in [6, 6.07) is 0. The van der Waals surface area contributed by atoms with Gasteiger partial charge < -0.3 is 14.2 Å². The Hall–Kier alpha value is -1.85. The van der Waals surface area contributed by atoms with Crippen LogP contribution in [0.4, 0.5) is 0 Å². The summed E-state index contributed by atoms with van der Waals surface area (Å²) in [7, 11) is 0. The summed E-state index contributed by atoms with van der Waals surface area (Å²) in [6.45, 7) is 6.62. The Morgan fingerprint density at radius 2 is 0.579 bits per heavy atom. The van der Waals surface area contributed by atoms with Gasteiger partial charge in [0, 0.05) is 19.3 Å². The lowest BCUT2D eigenvalue weighted by Gasteiger charge is -2.18. The van der Waals surface area contributed by atoms with Gasteiger partial charge in [-0.1, -0.05) is 226 Å². The van der Waals surface area contributed by atoms with E-state index < -0.39 is 6.10 Å². The molecule has 0 aliphatic carbocycles. The molecule has 0 aromatic heterocycles. The van der Waals surface area contributed by atoms with Crippen LogP contribution in [0.25, 0.3) is 0 Å². The van der Waals surface area contributed by atoms with Crippen LogP contribution in [0, 0.1) is 0 Å². The fourth-order valence-corrected chi connectivity index (χ4v) is 7.44. The third-order valence-electron chi connectivity index (χ3n) is 11.3. The van der Waals surface area contributed by atoms with Gasteiger partial charge in [-0.3, -0.25) is 14.4 Å². The number of rotatable bonds is 46. The molecule has 1 unspecified atom stereocenters. The minimum atomic E-state index is -0.766.